The van der Waals surface area contributed by atoms with Crippen LogP contribution >= 0.6 is 15.9 Å². The molecule has 1 fully saturated rings. The van der Waals surface area contributed by atoms with E-state index in [1.54, 1.807) is 0 Å². The summed E-state index contributed by atoms with van der Waals surface area (Å²) in [7, 11) is 1.46. The minimum atomic E-state index is -0.205. The van der Waals surface area contributed by atoms with Gasteiger partial charge in [0.1, 0.15) is 0 Å². The molecule has 1 saturated heterocycles. The lowest BCUT2D eigenvalue weighted by molar-refractivity contribution is -0.143. The van der Waals surface area contributed by atoms with Crippen LogP contribution in [-0.2, 0) is 9.53 Å². The van der Waals surface area contributed by atoms with E-state index in [2.05, 4.69) is 21.2 Å². The first-order chi connectivity index (χ1) is 8.72. The molecule has 1 aromatic carbocycles. The fourth-order valence-electron chi connectivity index (χ4n) is 2.49. The number of carbonyl (C=O) groups is 1. The Morgan fingerprint density at radius 3 is 2.67 bits per heavy atom. The number of esters is 1. The van der Waals surface area contributed by atoms with E-state index < -0.39 is 0 Å². The number of rotatable bonds is 3. The summed E-state index contributed by atoms with van der Waals surface area (Å²) in [5, 5.41) is 3.43. The molecule has 0 aromatic heterocycles. The van der Waals surface area contributed by atoms with Gasteiger partial charge in [0.05, 0.1) is 13.0 Å². The number of ether oxygens (including phenoxy) is 1. The number of hydrogen-bond acceptors (Lipinski definition) is 3. The first-order valence-corrected chi connectivity index (χ1v) is 7.08. The van der Waals surface area contributed by atoms with Gasteiger partial charge in [-0.3, -0.25) is 4.79 Å². The molecule has 2 atom stereocenters. The Balaban J connectivity index is 2.23. The zero-order chi connectivity index (χ0) is 13.0. The number of hydrogen-bond donors (Lipinski definition) is 1. The number of benzene rings is 1. The number of piperidine rings is 1. The van der Waals surface area contributed by atoms with Crippen LogP contribution in [0, 0.1) is 0 Å². The smallest absolute Gasteiger partial charge is 0.314 e. The molecule has 0 bridgehead atoms. The van der Waals surface area contributed by atoms with E-state index in [1.165, 1.54) is 20.0 Å². The normalized spacial score (nSPS) is 21.3. The second-order valence-corrected chi connectivity index (χ2v) is 5.52. The number of methoxy groups -OCH3 is 1. The maximum absolute atomic E-state index is 12.0. The van der Waals surface area contributed by atoms with Crippen molar-refractivity contribution < 1.29 is 9.53 Å². The van der Waals surface area contributed by atoms with Crippen LogP contribution in [0.1, 0.15) is 30.7 Å². The fourth-order valence-corrected chi connectivity index (χ4v) is 2.76. The molecule has 0 amide bonds. The van der Waals surface area contributed by atoms with E-state index >= 15 is 0 Å². The quantitative estimate of drug-likeness (QED) is 0.872. The lowest BCUT2D eigenvalue weighted by Gasteiger charge is -2.30. The number of halogens is 1. The van der Waals surface area contributed by atoms with Crippen molar-refractivity contribution in [1.82, 2.24) is 5.32 Å². The van der Waals surface area contributed by atoms with E-state index in [0.717, 1.165) is 23.0 Å². The Morgan fingerprint density at radius 1 is 1.39 bits per heavy atom. The highest BCUT2D eigenvalue weighted by molar-refractivity contribution is 9.10. The van der Waals surface area contributed by atoms with Crippen molar-refractivity contribution in [3.05, 3.63) is 34.3 Å². The van der Waals surface area contributed by atoms with Gasteiger partial charge in [0.2, 0.25) is 0 Å². The summed E-state index contributed by atoms with van der Waals surface area (Å²) in [5.41, 5.74) is 1.02. The summed E-state index contributed by atoms with van der Waals surface area (Å²) in [6, 6.07) is 8.10. The Hall–Kier alpha value is -0.870. The number of nitrogens with one attached hydrogen (secondary N) is 1. The van der Waals surface area contributed by atoms with Crippen LogP contribution in [0.2, 0.25) is 0 Å². The molecular weight excluding hydrogens is 294 g/mol. The average Bonchev–Trinajstić information content (AvgIpc) is 2.42. The molecule has 0 unspecified atom stereocenters. The van der Waals surface area contributed by atoms with Crippen LogP contribution in [0.4, 0.5) is 0 Å². The topological polar surface area (TPSA) is 38.3 Å². The highest BCUT2D eigenvalue weighted by atomic mass is 79.9. The lowest BCUT2D eigenvalue weighted by atomic mass is 9.86. The average molecular weight is 312 g/mol. The molecule has 0 radical (unpaired) electrons. The van der Waals surface area contributed by atoms with Gasteiger partial charge in [0.15, 0.2) is 0 Å². The van der Waals surface area contributed by atoms with Crippen molar-refractivity contribution in [2.24, 2.45) is 0 Å². The van der Waals surface area contributed by atoms with Crippen LogP contribution in [0.15, 0.2) is 28.7 Å². The maximum Gasteiger partial charge on any atom is 0.314 e. The van der Waals surface area contributed by atoms with Crippen molar-refractivity contribution in [2.45, 2.75) is 31.2 Å². The van der Waals surface area contributed by atoms with Gasteiger partial charge in [-0.05, 0) is 37.1 Å². The molecule has 0 saturated carbocycles. The predicted octanol–water partition coefficient (Wildman–Crippen LogP) is 2.85. The van der Waals surface area contributed by atoms with Crippen molar-refractivity contribution in [3.8, 4) is 0 Å². The van der Waals surface area contributed by atoms with E-state index in [4.69, 9.17) is 4.74 Å². The van der Waals surface area contributed by atoms with E-state index in [0.29, 0.717) is 0 Å². The Bertz CT molecular complexity index is 399. The van der Waals surface area contributed by atoms with Crippen molar-refractivity contribution >= 4 is 21.9 Å². The molecule has 0 aliphatic carbocycles. The SMILES string of the molecule is COC(=O)[C@H](c1ccc(Br)cc1)[C@H]1CCCCN1. The Labute approximate surface area is 116 Å². The van der Waals surface area contributed by atoms with Gasteiger partial charge in [-0.25, -0.2) is 0 Å². The minimum absolute atomic E-state index is 0.156. The molecular formula is C14H18BrNO2. The van der Waals surface area contributed by atoms with Crippen LogP contribution in [-0.4, -0.2) is 25.7 Å². The van der Waals surface area contributed by atoms with Gasteiger partial charge in [0, 0.05) is 10.5 Å². The molecule has 2 rings (SSSR count). The highest BCUT2D eigenvalue weighted by Gasteiger charge is 2.31. The second kappa shape index (κ2) is 6.34. The summed E-state index contributed by atoms with van der Waals surface area (Å²) < 4.78 is 5.98. The summed E-state index contributed by atoms with van der Waals surface area (Å²) >= 11 is 3.41. The molecule has 1 aromatic rings. The largest absolute Gasteiger partial charge is 0.469 e. The van der Waals surface area contributed by atoms with Crippen LogP contribution < -0.4 is 5.32 Å². The summed E-state index contributed by atoms with van der Waals surface area (Å²) in [5.74, 6) is -0.361. The Kier molecular flexibility index (Phi) is 4.78. The third-order valence-corrected chi connectivity index (χ3v) is 3.96. The standard InChI is InChI=1S/C14H18BrNO2/c1-18-14(17)13(12-4-2-3-9-16-12)10-5-7-11(15)8-6-10/h5-8,12-13,16H,2-4,9H2,1H3/t12-,13-/m1/s1. The molecule has 4 heteroatoms. The van der Waals surface area contributed by atoms with E-state index in [1.807, 2.05) is 24.3 Å². The van der Waals surface area contributed by atoms with E-state index in [-0.39, 0.29) is 17.9 Å². The molecule has 0 spiro atoms. The molecule has 1 aliphatic heterocycles. The zero-order valence-electron chi connectivity index (χ0n) is 10.5. The van der Waals surface area contributed by atoms with Gasteiger partial charge in [-0.15, -0.1) is 0 Å². The predicted molar refractivity (Wildman–Crippen MR) is 74.5 cm³/mol. The van der Waals surface area contributed by atoms with Crippen LogP contribution in [0.25, 0.3) is 0 Å². The molecule has 3 nitrogen and oxygen atoms in total. The van der Waals surface area contributed by atoms with Crippen molar-refractivity contribution in [3.63, 3.8) is 0 Å². The number of carbonyl (C=O) groups excluding carboxylic acids is 1. The van der Waals surface area contributed by atoms with Crippen molar-refractivity contribution in [2.75, 3.05) is 13.7 Å². The molecule has 18 heavy (non-hydrogen) atoms. The zero-order valence-corrected chi connectivity index (χ0v) is 12.1. The fraction of sp³-hybridized carbons (Fsp3) is 0.500. The summed E-state index contributed by atoms with van der Waals surface area (Å²) in [4.78, 5) is 12.0. The third kappa shape index (κ3) is 3.12. The lowest BCUT2D eigenvalue weighted by Crippen LogP contribution is -2.42. The van der Waals surface area contributed by atoms with Gasteiger partial charge in [0.25, 0.3) is 0 Å². The molecule has 1 aliphatic rings. The van der Waals surface area contributed by atoms with Crippen LogP contribution in [0.5, 0.6) is 0 Å². The molecule has 98 valence electrons. The highest BCUT2D eigenvalue weighted by Crippen LogP contribution is 2.27. The van der Waals surface area contributed by atoms with Crippen molar-refractivity contribution in [1.29, 1.82) is 0 Å². The van der Waals surface area contributed by atoms with Gasteiger partial charge < -0.3 is 10.1 Å². The molecule has 1 N–H and O–H groups in total. The van der Waals surface area contributed by atoms with Gasteiger partial charge >= 0.3 is 5.97 Å². The summed E-state index contributed by atoms with van der Waals surface area (Å²) in [6.07, 6.45) is 3.38. The Morgan fingerprint density at radius 2 is 2.11 bits per heavy atom. The third-order valence-electron chi connectivity index (χ3n) is 3.44. The van der Waals surface area contributed by atoms with Gasteiger partial charge in [-0.1, -0.05) is 34.5 Å². The monoisotopic (exact) mass is 311 g/mol. The first-order valence-electron chi connectivity index (χ1n) is 6.29. The summed E-state index contributed by atoms with van der Waals surface area (Å²) in [6.45, 7) is 0.981. The van der Waals surface area contributed by atoms with Crippen LogP contribution in [0.3, 0.4) is 0 Å². The minimum Gasteiger partial charge on any atom is -0.469 e. The molecule has 1 heterocycles. The second-order valence-electron chi connectivity index (χ2n) is 4.61. The maximum atomic E-state index is 12.0. The van der Waals surface area contributed by atoms with E-state index in [9.17, 15) is 4.79 Å². The first kappa shape index (κ1) is 13.6. The van der Waals surface area contributed by atoms with Gasteiger partial charge in [-0.2, -0.15) is 0 Å².